The van der Waals surface area contributed by atoms with Gasteiger partial charge in [0.15, 0.2) is 0 Å². The van der Waals surface area contributed by atoms with Crippen molar-refractivity contribution < 1.29 is 18.0 Å². The van der Waals surface area contributed by atoms with E-state index in [1.807, 2.05) is 39.0 Å². The Morgan fingerprint density at radius 1 is 1.05 bits per heavy atom. The number of aryl methyl sites for hydroxylation is 1. The van der Waals surface area contributed by atoms with Crippen molar-refractivity contribution in [3.63, 3.8) is 0 Å². The number of rotatable bonds is 10. The van der Waals surface area contributed by atoms with Gasteiger partial charge in [-0.25, -0.2) is 0 Å². The first-order valence-corrected chi connectivity index (χ1v) is 9.19. The lowest BCUT2D eigenvalue weighted by Crippen LogP contribution is -2.46. The molecule has 1 rings (SSSR count). The monoisotopic (exact) mass is 309 g/mol. The summed E-state index contributed by atoms with van der Waals surface area (Å²) < 4.78 is 22.3. The van der Waals surface area contributed by atoms with E-state index >= 15 is 0 Å². The minimum absolute atomic E-state index is 0.548. The molecule has 1 aromatic rings. The van der Waals surface area contributed by atoms with Crippen molar-refractivity contribution in [1.82, 2.24) is 0 Å². The molecule has 0 radical (unpaired) electrons. The lowest BCUT2D eigenvalue weighted by atomic mass is 10.2. The minimum atomic E-state index is -2.62. The van der Waals surface area contributed by atoms with Crippen LogP contribution in [0.5, 0.6) is 5.75 Å². The summed E-state index contributed by atoms with van der Waals surface area (Å²) in [5.41, 5.74) is 1.07. The molecule has 0 saturated carbocycles. The van der Waals surface area contributed by atoms with E-state index in [2.05, 4.69) is 0 Å². The zero-order valence-electron chi connectivity index (χ0n) is 12.9. The fourth-order valence-electron chi connectivity index (χ4n) is 2.12. The fraction of sp³-hybridized carbons (Fsp3) is 0.533. The molecule has 0 amide bonds. The largest absolute Gasteiger partial charge is 0.501 e. The molecule has 0 aliphatic rings. The summed E-state index contributed by atoms with van der Waals surface area (Å²) in [6, 6.07) is 8.18. The van der Waals surface area contributed by atoms with Gasteiger partial charge in [-0.15, -0.1) is 5.26 Å². The van der Waals surface area contributed by atoms with Crippen LogP contribution in [0.4, 0.5) is 0 Å². The molecule has 116 valence electrons. The fourth-order valence-corrected chi connectivity index (χ4v) is 4.71. The molecule has 21 heavy (non-hydrogen) atoms. The maximum absolute atomic E-state index is 8.55. The Kier molecular flexibility index (Phi) is 8.01. The third-order valence-electron chi connectivity index (χ3n) is 2.87. The van der Waals surface area contributed by atoms with E-state index < -0.39 is 8.80 Å². The first kappa shape index (κ1) is 17.7. The maximum Gasteiger partial charge on any atom is 0.501 e. The average molecular weight is 309 g/mol. The average Bonchev–Trinajstić information content (AvgIpc) is 2.47. The minimum Gasteiger partial charge on any atom is -0.388 e. The number of hydrogen-bond acceptors (Lipinski definition) is 5. The quantitative estimate of drug-likeness (QED) is 0.491. The van der Waals surface area contributed by atoms with Gasteiger partial charge in [0.05, 0.1) is 0 Å². The van der Waals surface area contributed by atoms with Gasteiger partial charge >= 0.3 is 8.80 Å². The molecule has 6 heteroatoms. The van der Waals surface area contributed by atoms with E-state index in [0.717, 1.165) is 12.0 Å². The summed E-state index contributed by atoms with van der Waals surface area (Å²) in [7, 11) is -2.62. The van der Waals surface area contributed by atoms with Gasteiger partial charge in [-0.1, -0.05) is 12.1 Å². The normalized spacial score (nSPS) is 11.1. The van der Waals surface area contributed by atoms with E-state index in [1.165, 1.54) is 0 Å². The molecule has 0 saturated heterocycles. The lowest BCUT2D eigenvalue weighted by molar-refractivity contribution is 0.0714. The Morgan fingerprint density at radius 3 is 2.19 bits per heavy atom. The highest BCUT2D eigenvalue weighted by Gasteiger charge is 2.39. The summed E-state index contributed by atoms with van der Waals surface area (Å²) in [4.78, 5) is 0. The molecule has 5 nitrogen and oxygen atoms in total. The summed E-state index contributed by atoms with van der Waals surface area (Å²) in [5.74, 6) is 0.548. The lowest BCUT2D eigenvalue weighted by Gasteiger charge is -2.28. The van der Waals surface area contributed by atoms with Gasteiger partial charge in [0.25, 0.3) is 6.26 Å². The molecule has 0 N–H and O–H groups in total. The van der Waals surface area contributed by atoms with Crippen LogP contribution in [0, 0.1) is 11.5 Å². The molecule has 0 spiro atoms. The first-order chi connectivity index (χ1) is 10.2. The van der Waals surface area contributed by atoms with Gasteiger partial charge in [-0.05, 0) is 44.9 Å². The number of nitriles is 1. The summed E-state index contributed by atoms with van der Waals surface area (Å²) in [6.45, 7) is 7.56. The molecular weight excluding hydrogens is 286 g/mol. The second-order valence-corrected chi connectivity index (χ2v) is 7.05. The van der Waals surface area contributed by atoms with Crippen LogP contribution in [0.15, 0.2) is 24.3 Å². The van der Waals surface area contributed by atoms with Gasteiger partial charge in [0, 0.05) is 25.9 Å². The predicted molar refractivity (Wildman–Crippen MR) is 81.8 cm³/mol. The van der Waals surface area contributed by atoms with Crippen LogP contribution in [0.1, 0.15) is 26.3 Å². The molecule has 0 aliphatic heterocycles. The van der Waals surface area contributed by atoms with E-state index in [4.69, 9.17) is 23.3 Å². The Morgan fingerprint density at radius 2 is 1.67 bits per heavy atom. The number of ether oxygens (including phenoxy) is 1. The van der Waals surface area contributed by atoms with Crippen molar-refractivity contribution in [2.75, 3.05) is 19.8 Å². The SMILES string of the molecule is CCO[Si](CCc1cccc(OC#N)c1)(OCC)OCC. The van der Waals surface area contributed by atoms with E-state index in [0.29, 0.717) is 31.6 Å². The molecule has 0 bridgehead atoms. The van der Waals surface area contributed by atoms with Crippen molar-refractivity contribution in [1.29, 1.82) is 5.26 Å². The molecule has 0 fully saturated rings. The Bertz CT molecular complexity index is 444. The second-order valence-electron chi connectivity index (χ2n) is 4.32. The maximum atomic E-state index is 8.55. The first-order valence-electron chi connectivity index (χ1n) is 7.26. The Labute approximate surface area is 127 Å². The molecule has 0 heterocycles. The van der Waals surface area contributed by atoms with Crippen LogP contribution in [0.3, 0.4) is 0 Å². The summed E-state index contributed by atoms with van der Waals surface area (Å²) in [6.07, 6.45) is 2.44. The Hall–Kier alpha value is -1.39. The molecule has 0 aliphatic carbocycles. The predicted octanol–water partition coefficient (Wildman–Crippen LogP) is 3.14. The van der Waals surface area contributed by atoms with Crippen molar-refractivity contribution in [3.8, 4) is 12.0 Å². The molecule has 0 unspecified atom stereocenters. The Balaban J connectivity index is 2.75. The van der Waals surface area contributed by atoms with E-state index in [9.17, 15) is 0 Å². The smallest absolute Gasteiger partial charge is 0.388 e. The van der Waals surface area contributed by atoms with Crippen LogP contribution < -0.4 is 4.74 Å². The molecule has 0 aromatic heterocycles. The zero-order chi connectivity index (χ0) is 15.6. The number of benzene rings is 1. The topological polar surface area (TPSA) is 60.7 Å². The third-order valence-corrected chi connectivity index (χ3v) is 5.92. The van der Waals surface area contributed by atoms with Gasteiger partial charge in [-0.2, -0.15) is 0 Å². The highest BCUT2D eigenvalue weighted by Crippen LogP contribution is 2.21. The van der Waals surface area contributed by atoms with E-state index in [1.54, 1.807) is 12.3 Å². The molecular formula is C15H23NO4Si. The zero-order valence-corrected chi connectivity index (χ0v) is 13.9. The second kappa shape index (κ2) is 9.53. The van der Waals surface area contributed by atoms with Gasteiger partial charge in [-0.3, -0.25) is 0 Å². The summed E-state index contributed by atoms with van der Waals surface area (Å²) in [5, 5.41) is 8.55. The summed E-state index contributed by atoms with van der Waals surface area (Å²) >= 11 is 0. The van der Waals surface area contributed by atoms with Crippen LogP contribution in [0.2, 0.25) is 6.04 Å². The third kappa shape index (κ3) is 5.85. The standard InChI is InChI=1S/C15H23NO4Si/c1-4-18-21(19-5-2,20-6-3)11-10-14-8-7-9-15(12-14)17-13-16/h7-9,12H,4-6,10-11H2,1-3H3. The molecule has 1 aromatic carbocycles. The molecule has 0 atom stereocenters. The highest BCUT2D eigenvalue weighted by atomic mass is 28.4. The van der Waals surface area contributed by atoms with Crippen molar-refractivity contribution in [2.24, 2.45) is 0 Å². The number of hydrogen-bond donors (Lipinski definition) is 0. The van der Waals surface area contributed by atoms with E-state index in [-0.39, 0.29) is 0 Å². The van der Waals surface area contributed by atoms with Crippen LogP contribution in [-0.2, 0) is 19.7 Å². The van der Waals surface area contributed by atoms with Gasteiger partial charge in [0.2, 0.25) is 0 Å². The van der Waals surface area contributed by atoms with Gasteiger partial charge < -0.3 is 18.0 Å². The van der Waals surface area contributed by atoms with Crippen LogP contribution >= 0.6 is 0 Å². The van der Waals surface area contributed by atoms with Crippen molar-refractivity contribution >= 4 is 8.80 Å². The highest BCUT2D eigenvalue weighted by molar-refractivity contribution is 6.60. The van der Waals surface area contributed by atoms with Crippen LogP contribution in [-0.4, -0.2) is 28.6 Å². The van der Waals surface area contributed by atoms with Crippen molar-refractivity contribution in [2.45, 2.75) is 33.2 Å². The van der Waals surface area contributed by atoms with Gasteiger partial charge in [0.1, 0.15) is 5.75 Å². The number of nitrogens with zero attached hydrogens (tertiary/aromatic N) is 1. The van der Waals surface area contributed by atoms with Crippen molar-refractivity contribution in [3.05, 3.63) is 29.8 Å². The van der Waals surface area contributed by atoms with Crippen LogP contribution in [0.25, 0.3) is 0 Å².